The van der Waals surface area contributed by atoms with E-state index >= 15 is 0 Å². The Balaban J connectivity index is 2.92. The Kier molecular flexibility index (Phi) is 5.21. The highest BCUT2D eigenvalue weighted by molar-refractivity contribution is 6.33. The average Bonchev–Trinajstić information content (AvgIpc) is 2.26. The lowest BCUT2D eigenvalue weighted by molar-refractivity contribution is 0.101. The molecule has 1 rings (SSSR count). The number of benzene rings is 1. The smallest absolute Gasteiger partial charge is 0.159 e. The lowest BCUT2D eigenvalue weighted by atomic mass is 10.0. The Labute approximate surface area is 115 Å². The summed E-state index contributed by atoms with van der Waals surface area (Å²) in [5.41, 5.74) is 1.64. The summed E-state index contributed by atoms with van der Waals surface area (Å²) >= 11 is 6.26. The van der Waals surface area contributed by atoms with Gasteiger partial charge in [0.25, 0.3) is 0 Å². The number of hydrogen-bond donors (Lipinski definition) is 0. The van der Waals surface area contributed by atoms with Crippen molar-refractivity contribution in [2.24, 2.45) is 5.92 Å². The SMILES string of the molecule is CC(=O)c1ccc(N(C)C(C)CC(C)C)c(Cl)c1. The first-order valence-corrected chi connectivity index (χ1v) is 6.74. The van der Waals surface area contributed by atoms with Gasteiger partial charge in [-0.15, -0.1) is 0 Å². The molecule has 1 unspecified atom stereocenters. The van der Waals surface area contributed by atoms with E-state index < -0.39 is 0 Å². The second-order valence-electron chi connectivity index (χ2n) is 5.31. The number of halogens is 1. The molecular weight excluding hydrogens is 246 g/mol. The molecule has 0 N–H and O–H groups in total. The summed E-state index contributed by atoms with van der Waals surface area (Å²) in [6, 6.07) is 5.93. The van der Waals surface area contributed by atoms with Crippen LogP contribution in [0, 0.1) is 5.92 Å². The van der Waals surface area contributed by atoms with Gasteiger partial charge < -0.3 is 4.90 Å². The molecule has 0 aliphatic rings. The molecule has 0 heterocycles. The van der Waals surface area contributed by atoms with Crippen LogP contribution in [0.2, 0.25) is 5.02 Å². The van der Waals surface area contributed by atoms with Gasteiger partial charge in [-0.1, -0.05) is 25.4 Å². The van der Waals surface area contributed by atoms with Crippen LogP contribution in [0.4, 0.5) is 5.69 Å². The topological polar surface area (TPSA) is 20.3 Å². The molecule has 0 bridgehead atoms. The lowest BCUT2D eigenvalue weighted by Crippen LogP contribution is -2.30. The van der Waals surface area contributed by atoms with Crippen LogP contribution in [0.1, 0.15) is 44.5 Å². The number of Topliss-reactive ketones (excluding diaryl/α,β-unsaturated/α-hetero) is 1. The van der Waals surface area contributed by atoms with Crippen molar-refractivity contribution in [2.75, 3.05) is 11.9 Å². The fourth-order valence-corrected chi connectivity index (χ4v) is 2.40. The highest BCUT2D eigenvalue weighted by Gasteiger charge is 2.15. The number of carbonyl (C=O) groups is 1. The minimum absolute atomic E-state index is 0.0429. The summed E-state index contributed by atoms with van der Waals surface area (Å²) in [7, 11) is 2.04. The molecule has 0 amide bonds. The predicted molar refractivity (Wildman–Crippen MR) is 78.8 cm³/mol. The van der Waals surface area contributed by atoms with Crippen LogP contribution in [-0.4, -0.2) is 18.9 Å². The first kappa shape index (κ1) is 15.0. The summed E-state index contributed by atoms with van der Waals surface area (Å²) in [5, 5.41) is 0.640. The lowest BCUT2D eigenvalue weighted by Gasteiger charge is -2.29. The van der Waals surface area contributed by atoms with Crippen LogP contribution in [-0.2, 0) is 0 Å². The van der Waals surface area contributed by atoms with Crippen molar-refractivity contribution in [3.63, 3.8) is 0 Å². The number of anilines is 1. The number of ketones is 1. The zero-order chi connectivity index (χ0) is 13.9. The first-order chi connectivity index (χ1) is 8.32. The maximum Gasteiger partial charge on any atom is 0.159 e. The highest BCUT2D eigenvalue weighted by Crippen LogP contribution is 2.28. The van der Waals surface area contributed by atoms with Crippen LogP contribution in [0.15, 0.2) is 18.2 Å². The Morgan fingerprint density at radius 2 is 1.94 bits per heavy atom. The molecule has 1 atom stereocenters. The van der Waals surface area contributed by atoms with Gasteiger partial charge >= 0.3 is 0 Å². The Bertz CT molecular complexity index is 429. The van der Waals surface area contributed by atoms with Gasteiger partial charge in [0.2, 0.25) is 0 Å². The van der Waals surface area contributed by atoms with Crippen molar-refractivity contribution in [1.29, 1.82) is 0 Å². The maximum absolute atomic E-state index is 11.3. The Morgan fingerprint density at radius 3 is 2.39 bits per heavy atom. The number of carbonyl (C=O) groups excluding carboxylic acids is 1. The third-order valence-corrected chi connectivity index (χ3v) is 3.51. The minimum atomic E-state index is 0.0429. The Hall–Kier alpha value is -1.02. The van der Waals surface area contributed by atoms with E-state index in [0.717, 1.165) is 12.1 Å². The quantitative estimate of drug-likeness (QED) is 0.737. The summed E-state index contributed by atoms with van der Waals surface area (Å²) < 4.78 is 0. The predicted octanol–water partition coefficient (Wildman–Crippen LogP) is 4.41. The summed E-state index contributed by atoms with van der Waals surface area (Å²) in [6.07, 6.45) is 1.11. The van der Waals surface area contributed by atoms with Gasteiger partial charge in [0, 0.05) is 18.7 Å². The highest BCUT2D eigenvalue weighted by atomic mass is 35.5. The second kappa shape index (κ2) is 6.24. The average molecular weight is 268 g/mol. The summed E-state index contributed by atoms with van der Waals surface area (Å²) in [6.45, 7) is 8.17. The largest absolute Gasteiger partial charge is 0.371 e. The summed E-state index contributed by atoms with van der Waals surface area (Å²) in [5.74, 6) is 0.694. The fraction of sp³-hybridized carbons (Fsp3) is 0.533. The second-order valence-corrected chi connectivity index (χ2v) is 5.72. The zero-order valence-electron chi connectivity index (χ0n) is 11.8. The zero-order valence-corrected chi connectivity index (χ0v) is 12.6. The monoisotopic (exact) mass is 267 g/mol. The fourth-order valence-electron chi connectivity index (χ4n) is 2.09. The first-order valence-electron chi connectivity index (χ1n) is 6.36. The molecule has 18 heavy (non-hydrogen) atoms. The molecule has 0 radical (unpaired) electrons. The number of hydrogen-bond acceptors (Lipinski definition) is 2. The van der Waals surface area contributed by atoms with Crippen LogP contribution in [0.25, 0.3) is 0 Å². The maximum atomic E-state index is 11.3. The van der Waals surface area contributed by atoms with E-state index in [-0.39, 0.29) is 5.78 Å². The van der Waals surface area contributed by atoms with Crippen molar-refractivity contribution in [3.8, 4) is 0 Å². The van der Waals surface area contributed by atoms with Gasteiger partial charge in [0.05, 0.1) is 10.7 Å². The Morgan fingerprint density at radius 1 is 1.33 bits per heavy atom. The molecule has 1 aromatic rings. The molecular formula is C15H22ClNO. The van der Waals surface area contributed by atoms with Gasteiger partial charge in [-0.05, 0) is 44.4 Å². The van der Waals surface area contributed by atoms with Crippen LogP contribution < -0.4 is 4.90 Å². The molecule has 0 aliphatic heterocycles. The number of nitrogens with zero attached hydrogens (tertiary/aromatic N) is 1. The van der Waals surface area contributed by atoms with Gasteiger partial charge in [0.15, 0.2) is 5.78 Å². The van der Waals surface area contributed by atoms with Crippen molar-refractivity contribution in [3.05, 3.63) is 28.8 Å². The molecule has 0 aromatic heterocycles. The van der Waals surface area contributed by atoms with Gasteiger partial charge in [0.1, 0.15) is 0 Å². The van der Waals surface area contributed by atoms with E-state index in [1.54, 1.807) is 13.0 Å². The van der Waals surface area contributed by atoms with Crippen molar-refractivity contribution >= 4 is 23.1 Å². The molecule has 1 aromatic carbocycles. The molecule has 3 heteroatoms. The van der Waals surface area contributed by atoms with Crippen molar-refractivity contribution < 1.29 is 4.79 Å². The molecule has 0 saturated heterocycles. The van der Waals surface area contributed by atoms with Gasteiger partial charge in [-0.3, -0.25) is 4.79 Å². The standard InChI is InChI=1S/C15H22ClNO/c1-10(2)8-11(3)17(5)15-7-6-13(12(4)18)9-14(15)16/h6-7,9-11H,8H2,1-5H3. The van der Waals surface area contributed by atoms with Gasteiger partial charge in [-0.2, -0.15) is 0 Å². The van der Waals surface area contributed by atoms with Crippen LogP contribution in [0.5, 0.6) is 0 Å². The molecule has 2 nitrogen and oxygen atoms in total. The van der Waals surface area contributed by atoms with E-state index in [1.807, 2.05) is 19.2 Å². The van der Waals surface area contributed by atoms with Gasteiger partial charge in [-0.25, -0.2) is 0 Å². The van der Waals surface area contributed by atoms with Crippen molar-refractivity contribution in [1.82, 2.24) is 0 Å². The van der Waals surface area contributed by atoms with E-state index in [1.165, 1.54) is 0 Å². The van der Waals surface area contributed by atoms with Crippen molar-refractivity contribution in [2.45, 2.75) is 40.2 Å². The molecule has 0 aliphatic carbocycles. The minimum Gasteiger partial charge on any atom is -0.371 e. The van der Waals surface area contributed by atoms with E-state index in [2.05, 4.69) is 25.7 Å². The van der Waals surface area contributed by atoms with E-state index in [0.29, 0.717) is 22.5 Å². The van der Waals surface area contributed by atoms with E-state index in [4.69, 9.17) is 11.6 Å². The normalized spacial score (nSPS) is 12.6. The number of rotatable bonds is 5. The third-order valence-electron chi connectivity index (χ3n) is 3.21. The van der Waals surface area contributed by atoms with Crippen LogP contribution >= 0.6 is 11.6 Å². The molecule has 0 fully saturated rings. The molecule has 0 saturated carbocycles. The van der Waals surface area contributed by atoms with Crippen LogP contribution in [0.3, 0.4) is 0 Å². The molecule has 100 valence electrons. The third kappa shape index (κ3) is 3.74. The van der Waals surface area contributed by atoms with E-state index in [9.17, 15) is 4.79 Å². The summed E-state index contributed by atoms with van der Waals surface area (Å²) in [4.78, 5) is 13.5. The molecule has 0 spiro atoms.